The highest BCUT2D eigenvalue weighted by atomic mass is 127. The second-order valence-corrected chi connectivity index (χ2v) is 4.92. The van der Waals surface area contributed by atoms with E-state index in [0.29, 0.717) is 11.3 Å². The quantitative estimate of drug-likeness (QED) is 0.634. The number of benzene rings is 2. The minimum absolute atomic E-state index is 0.0127. The van der Waals surface area contributed by atoms with Crippen LogP contribution in [0, 0.1) is 5.82 Å². The van der Waals surface area contributed by atoms with Crippen molar-refractivity contribution < 1.29 is 12.3 Å². The topological polar surface area (TPSA) is 44.1 Å². The van der Waals surface area contributed by atoms with E-state index in [9.17, 15) is 9.18 Å². The maximum absolute atomic E-state index is 13.4. The molecule has 0 spiro atoms. The van der Waals surface area contributed by atoms with Crippen LogP contribution >= 0.6 is 23.0 Å². The summed E-state index contributed by atoms with van der Waals surface area (Å²) in [6, 6.07) is 13.8. The Morgan fingerprint density at radius 2 is 2.05 bits per heavy atom. The predicted molar refractivity (Wildman–Crippen MR) is 85.2 cm³/mol. The molecule has 0 aliphatic carbocycles. The van der Waals surface area contributed by atoms with Crippen LogP contribution in [0.2, 0.25) is 0 Å². The maximum Gasteiger partial charge on any atom is 0.337 e. The van der Waals surface area contributed by atoms with Gasteiger partial charge in [0.2, 0.25) is 0 Å². The fraction of sp³-hybridized carbons (Fsp3) is 0.0667. The molecule has 3 rings (SSSR count). The van der Waals surface area contributed by atoms with E-state index in [2.05, 4.69) is 8.16 Å². The molecular formula is C15H10FIN2O2. The lowest BCUT2D eigenvalue weighted by molar-refractivity contribution is -0.132. The smallest absolute Gasteiger partial charge is 0.337 e. The lowest BCUT2D eigenvalue weighted by Gasteiger charge is -1.99. The van der Waals surface area contributed by atoms with Gasteiger partial charge >= 0.3 is 5.97 Å². The van der Waals surface area contributed by atoms with Gasteiger partial charge in [0, 0.05) is 10.9 Å². The van der Waals surface area contributed by atoms with Gasteiger partial charge in [-0.1, -0.05) is 30.3 Å². The number of hydrogen-bond acceptors (Lipinski definition) is 3. The molecule has 0 N–H and O–H groups in total. The average molecular weight is 396 g/mol. The number of nitrogens with zero attached hydrogens (tertiary/aromatic N) is 2. The van der Waals surface area contributed by atoms with Crippen LogP contribution in [0.25, 0.3) is 22.2 Å². The summed E-state index contributed by atoms with van der Waals surface area (Å²) < 4.78 is 19.6. The van der Waals surface area contributed by atoms with E-state index in [0.717, 1.165) is 10.9 Å². The zero-order valence-electron chi connectivity index (χ0n) is 10.8. The van der Waals surface area contributed by atoms with Crippen molar-refractivity contribution in [1.82, 2.24) is 9.78 Å². The molecule has 0 fully saturated rings. The largest absolute Gasteiger partial charge is 0.393 e. The molecule has 2 aromatic carbocycles. The van der Waals surface area contributed by atoms with Crippen LogP contribution in [-0.4, -0.2) is 15.7 Å². The van der Waals surface area contributed by atoms with Crippen LogP contribution in [0.4, 0.5) is 4.39 Å². The van der Waals surface area contributed by atoms with Crippen molar-refractivity contribution in [2.75, 3.05) is 0 Å². The number of para-hydroxylation sites is 1. The van der Waals surface area contributed by atoms with E-state index in [4.69, 9.17) is 0 Å². The van der Waals surface area contributed by atoms with E-state index >= 15 is 0 Å². The van der Waals surface area contributed by atoms with Gasteiger partial charge in [-0.05, 0) is 18.2 Å². The number of carbonyl (C=O) groups is 1. The second kappa shape index (κ2) is 5.80. The monoisotopic (exact) mass is 396 g/mol. The third kappa shape index (κ3) is 2.76. The molecular weight excluding hydrogens is 386 g/mol. The number of hydrogen-bond donors (Lipinski definition) is 0. The molecule has 21 heavy (non-hydrogen) atoms. The standard InChI is InChI=1S/C15H10FIN2O2/c16-11-5-3-4-10(8-11)15-12-6-1-2-7-13(12)19(18-15)9-14(20)21-17/h1-8H,9H2. The molecule has 0 unspecified atom stereocenters. The molecule has 0 amide bonds. The molecule has 1 heterocycles. The summed E-state index contributed by atoms with van der Waals surface area (Å²) in [6.07, 6.45) is 0. The first-order valence-electron chi connectivity index (χ1n) is 6.22. The van der Waals surface area contributed by atoms with E-state index in [1.807, 2.05) is 24.3 Å². The summed E-state index contributed by atoms with van der Waals surface area (Å²) in [7, 11) is 0. The van der Waals surface area contributed by atoms with Crippen LogP contribution in [-0.2, 0) is 14.4 Å². The first-order chi connectivity index (χ1) is 10.2. The van der Waals surface area contributed by atoms with Crippen molar-refractivity contribution in [1.29, 1.82) is 0 Å². The van der Waals surface area contributed by atoms with Crippen LogP contribution in [0.15, 0.2) is 48.5 Å². The molecule has 6 heteroatoms. The van der Waals surface area contributed by atoms with Crippen molar-refractivity contribution in [2.24, 2.45) is 0 Å². The molecule has 4 nitrogen and oxygen atoms in total. The Bertz CT molecular complexity index is 816. The van der Waals surface area contributed by atoms with Gasteiger partial charge in [-0.3, -0.25) is 4.68 Å². The summed E-state index contributed by atoms with van der Waals surface area (Å²) in [4.78, 5) is 11.5. The van der Waals surface area contributed by atoms with E-state index in [-0.39, 0.29) is 12.4 Å². The van der Waals surface area contributed by atoms with Crippen molar-refractivity contribution in [3.63, 3.8) is 0 Å². The predicted octanol–water partition coefficient (Wildman–Crippen LogP) is 3.74. The van der Waals surface area contributed by atoms with Gasteiger partial charge in [0.25, 0.3) is 0 Å². The van der Waals surface area contributed by atoms with Crippen LogP contribution in [0.5, 0.6) is 0 Å². The molecule has 0 aliphatic heterocycles. The third-order valence-corrected chi connectivity index (χ3v) is 3.61. The summed E-state index contributed by atoms with van der Waals surface area (Å²) in [6.45, 7) is 0.0127. The lowest BCUT2D eigenvalue weighted by Crippen LogP contribution is -2.10. The van der Waals surface area contributed by atoms with Crippen molar-refractivity contribution in [3.05, 3.63) is 54.3 Å². The zero-order chi connectivity index (χ0) is 14.8. The van der Waals surface area contributed by atoms with E-state index in [1.165, 1.54) is 12.1 Å². The molecule has 0 aliphatic rings. The first kappa shape index (κ1) is 14.0. The fourth-order valence-corrected chi connectivity index (χ4v) is 2.38. The molecule has 0 saturated heterocycles. The van der Waals surface area contributed by atoms with Crippen LogP contribution in [0.1, 0.15) is 0 Å². The first-order valence-corrected chi connectivity index (χ1v) is 7.10. The Kier molecular flexibility index (Phi) is 3.87. The molecule has 0 saturated carbocycles. The van der Waals surface area contributed by atoms with E-state index in [1.54, 1.807) is 39.8 Å². The van der Waals surface area contributed by atoms with Crippen LogP contribution < -0.4 is 0 Å². The SMILES string of the molecule is O=C(Cn1nc(-c2cccc(F)c2)c2ccccc21)OI. The third-order valence-electron chi connectivity index (χ3n) is 3.12. The Balaban J connectivity index is 2.17. The van der Waals surface area contributed by atoms with Gasteiger partial charge < -0.3 is 3.07 Å². The Hall–Kier alpha value is -1.96. The Labute approximate surface area is 134 Å². The molecule has 1 aromatic heterocycles. The van der Waals surface area contributed by atoms with E-state index < -0.39 is 5.97 Å². The molecule has 3 aromatic rings. The number of aromatic nitrogens is 2. The zero-order valence-corrected chi connectivity index (χ0v) is 13.0. The molecule has 106 valence electrons. The highest BCUT2D eigenvalue weighted by Crippen LogP contribution is 2.28. The number of halogens is 2. The molecule has 0 radical (unpaired) electrons. The number of rotatable bonds is 3. The highest BCUT2D eigenvalue weighted by Gasteiger charge is 2.14. The normalized spacial score (nSPS) is 10.8. The summed E-state index contributed by atoms with van der Waals surface area (Å²) in [5.41, 5.74) is 2.12. The Morgan fingerprint density at radius 1 is 1.24 bits per heavy atom. The van der Waals surface area contributed by atoms with Gasteiger partial charge in [0.05, 0.1) is 5.52 Å². The van der Waals surface area contributed by atoms with Crippen molar-refractivity contribution in [3.8, 4) is 11.3 Å². The van der Waals surface area contributed by atoms with Gasteiger partial charge in [0.1, 0.15) is 18.1 Å². The van der Waals surface area contributed by atoms with Gasteiger partial charge in [0.15, 0.2) is 23.0 Å². The summed E-state index contributed by atoms with van der Waals surface area (Å²) in [5, 5.41) is 5.30. The number of fused-ring (bicyclic) bond motifs is 1. The van der Waals surface area contributed by atoms with Gasteiger partial charge in [-0.2, -0.15) is 5.10 Å². The summed E-state index contributed by atoms with van der Waals surface area (Å²) >= 11 is 1.55. The maximum atomic E-state index is 13.4. The highest BCUT2D eigenvalue weighted by molar-refractivity contribution is 14.1. The summed E-state index contributed by atoms with van der Waals surface area (Å²) in [5.74, 6) is -0.715. The minimum atomic E-state index is -0.394. The van der Waals surface area contributed by atoms with Gasteiger partial charge in [-0.15, -0.1) is 0 Å². The fourth-order valence-electron chi connectivity index (χ4n) is 2.24. The number of carbonyl (C=O) groups excluding carboxylic acids is 1. The van der Waals surface area contributed by atoms with Crippen molar-refractivity contribution in [2.45, 2.75) is 6.54 Å². The molecule has 0 atom stereocenters. The lowest BCUT2D eigenvalue weighted by atomic mass is 10.1. The van der Waals surface area contributed by atoms with Gasteiger partial charge in [-0.25, -0.2) is 9.18 Å². The second-order valence-electron chi connectivity index (χ2n) is 4.48. The Morgan fingerprint density at radius 3 is 2.81 bits per heavy atom. The average Bonchev–Trinajstić information content (AvgIpc) is 2.86. The van der Waals surface area contributed by atoms with Crippen molar-refractivity contribution >= 4 is 39.9 Å². The molecule has 0 bridgehead atoms. The van der Waals surface area contributed by atoms with Crippen LogP contribution in [0.3, 0.4) is 0 Å². The minimum Gasteiger partial charge on any atom is -0.393 e.